The molecule has 320 valence electrons. The summed E-state index contributed by atoms with van der Waals surface area (Å²) in [4.78, 5) is 52.5. The summed E-state index contributed by atoms with van der Waals surface area (Å²) in [5.74, 6) is -1.88. The van der Waals surface area contributed by atoms with Gasteiger partial charge in [-0.2, -0.15) is 0 Å². The number of carboxylic acids is 1. The number of imidazole rings is 1. The second kappa shape index (κ2) is 15.7. The van der Waals surface area contributed by atoms with Crippen molar-refractivity contribution < 1.29 is 54.1 Å². The molecule has 0 unspecified atom stereocenters. The van der Waals surface area contributed by atoms with Crippen LogP contribution in [0.5, 0.6) is 23.0 Å². The topological polar surface area (TPSA) is 322 Å². The van der Waals surface area contributed by atoms with Gasteiger partial charge in [0.2, 0.25) is 0 Å². The van der Waals surface area contributed by atoms with E-state index in [-0.39, 0.29) is 79.1 Å². The molecule has 3 aromatic heterocycles. The van der Waals surface area contributed by atoms with Crippen LogP contribution in [0.2, 0.25) is 0 Å². The van der Waals surface area contributed by atoms with Crippen LogP contribution >= 0.6 is 0 Å². The summed E-state index contributed by atoms with van der Waals surface area (Å²) in [5, 5.41) is 63.1. The molecule has 1 spiro atoms. The Morgan fingerprint density at radius 2 is 1.69 bits per heavy atom. The third-order valence-corrected chi connectivity index (χ3v) is 11.1. The lowest BCUT2D eigenvalue weighted by Crippen LogP contribution is -2.42. The standard InChI is InChI=1S/C40H39N11O11/c41-27(38(57)58)7-9-49(16-30-32(54)33(55)37(61-30)51-18-46-31-34(42)44-17-45-35(31)51)14-20-15-50(48-47-20)10-8-43-36(56)19-1-4-24-23(11-19)39(59)62-40(24)25-5-2-21(52)12-28(25)60-29-13-22(53)3-6-26(29)40/h1-6,11-13,15,17-18,27,30,32-33,37,52-55H,7-10,14,16,41H2,(H,43,56)(H,57,58)(H2,42,44,45)/t27-,30+,32+,33+,37+/m0/s1. The highest BCUT2D eigenvalue weighted by molar-refractivity contribution is 6.01. The first kappa shape index (κ1) is 40.2. The zero-order chi connectivity index (χ0) is 43.4. The van der Waals surface area contributed by atoms with E-state index in [1.54, 1.807) is 35.4 Å². The summed E-state index contributed by atoms with van der Waals surface area (Å²) in [5.41, 5.74) is 13.1. The van der Waals surface area contributed by atoms with Gasteiger partial charge >= 0.3 is 11.9 Å². The SMILES string of the molecule is Nc1ncnc2c1ncn2[C@@H]1O[C@H](CN(CC[C@H](N)C(=O)O)Cc2cn(CCNC(=O)c3ccc4c(c3)C(=O)OC43c4ccc(O)cc4Oc4cc(O)ccc43)nn2)[C@@H](O)[C@H]1O. The van der Waals surface area contributed by atoms with Crippen LogP contribution in [0.3, 0.4) is 0 Å². The molecule has 10 N–H and O–H groups in total. The van der Waals surface area contributed by atoms with E-state index in [9.17, 15) is 39.9 Å². The summed E-state index contributed by atoms with van der Waals surface area (Å²) in [6.07, 6.45) is -0.380. The van der Waals surface area contributed by atoms with Crippen molar-refractivity contribution in [2.45, 2.75) is 55.7 Å². The molecule has 6 heterocycles. The number of phenols is 2. The van der Waals surface area contributed by atoms with E-state index in [0.717, 1.165) is 0 Å². The molecule has 9 rings (SSSR count). The molecule has 62 heavy (non-hydrogen) atoms. The monoisotopic (exact) mass is 849 g/mol. The van der Waals surface area contributed by atoms with Gasteiger partial charge < -0.3 is 56.5 Å². The van der Waals surface area contributed by atoms with Crippen molar-refractivity contribution in [2.24, 2.45) is 5.73 Å². The number of anilines is 1. The number of fused-ring (bicyclic) bond motifs is 7. The Balaban J connectivity index is 0.862. The molecule has 0 radical (unpaired) electrons. The lowest BCUT2D eigenvalue weighted by atomic mass is 9.77. The normalized spacial score (nSPS) is 20.1. The number of phenolic OH excluding ortho intramolecular Hbond substituents is 2. The van der Waals surface area contributed by atoms with Crippen molar-refractivity contribution in [1.82, 2.24) is 44.7 Å². The van der Waals surface area contributed by atoms with E-state index in [2.05, 4.69) is 30.6 Å². The Bertz CT molecular complexity index is 2690. The number of rotatable bonds is 13. The molecule has 3 aliphatic rings. The van der Waals surface area contributed by atoms with E-state index < -0.39 is 54.0 Å². The Kier molecular flexibility index (Phi) is 10.1. The lowest BCUT2D eigenvalue weighted by Gasteiger charge is -2.36. The van der Waals surface area contributed by atoms with Crippen LogP contribution in [-0.2, 0) is 33.0 Å². The molecule has 3 aromatic carbocycles. The van der Waals surface area contributed by atoms with Gasteiger partial charge in [-0.3, -0.25) is 23.7 Å². The first-order chi connectivity index (χ1) is 29.8. The maximum atomic E-state index is 13.5. The number of aromatic nitrogens is 7. The number of hydrogen-bond donors (Lipinski definition) is 8. The zero-order valence-electron chi connectivity index (χ0n) is 32.5. The first-order valence-electron chi connectivity index (χ1n) is 19.4. The number of aromatic hydroxyl groups is 2. The van der Waals surface area contributed by atoms with Crippen LogP contribution in [0, 0.1) is 0 Å². The van der Waals surface area contributed by atoms with Gasteiger partial charge in [0, 0.05) is 66.8 Å². The number of aliphatic hydroxyl groups is 2. The van der Waals surface area contributed by atoms with Crippen molar-refractivity contribution in [2.75, 3.05) is 25.4 Å². The van der Waals surface area contributed by atoms with Crippen molar-refractivity contribution in [3.63, 3.8) is 0 Å². The Hall–Kier alpha value is -7.24. The Labute approximate surface area is 349 Å². The minimum Gasteiger partial charge on any atom is -0.508 e. The van der Waals surface area contributed by atoms with Gasteiger partial charge in [-0.15, -0.1) is 5.10 Å². The predicted octanol–water partition coefficient (Wildman–Crippen LogP) is 0.333. The minimum atomic E-state index is -1.47. The molecule has 3 aliphatic heterocycles. The number of nitrogens with one attached hydrogen (secondary N) is 1. The fourth-order valence-corrected chi connectivity index (χ4v) is 8.08. The highest BCUT2D eigenvalue weighted by atomic mass is 16.6. The van der Waals surface area contributed by atoms with Gasteiger partial charge in [0.1, 0.15) is 59.2 Å². The second-order valence-electron chi connectivity index (χ2n) is 15.1. The van der Waals surface area contributed by atoms with Gasteiger partial charge in [-0.05, 0) is 42.8 Å². The van der Waals surface area contributed by atoms with Crippen LogP contribution < -0.4 is 21.5 Å². The molecule has 1 saturated heterocycles. The van der Waals surface area contributed by atoms with E-state index in [4.69, 9.17) is 25.7 Å². The molecule has 0 bridgehead atoms. The maximum absolute atomic E-state index is 13.5. The van der Waals surface area contributed by atoms with Gasteiger partial charge in [0.15, 0.2) is 23.3 Å². The predicted molar refractivity (Wildman–Crippen MR) is 212 cm³/mol. The number of aliphatic hydroxyl groups excluding tert-OH is 2. The first-order valence-corrected chi connectivity index (χ1v) is 19.4. The second-order valence-corrected chi connectivity index (χ2v) is 15.1. The van der Waals surface area contributed by atoms with Crippen molar-refractivity contribution >= 4 is 34.8 Å². The number of nitrogens with two attached hydrogens (primary N) is 2. The molecule has 0 aliphatic carbocycles. The van der Waals surface area contributed by atoms with Gasteiger partial charge in [0.05, 0.1) is 24.1 Å². The number of carbonyl (C=O) groups excluding carboxylic acids is 2. The average Bonchev–Trinajstić information content (AvgIpc) is 4.02. The van der Waals surface area contributed by atoms with E-state index >= 15 is 0 Å². The van der Waals surface area contributed by atoms with Crippen LogP contribution in [-0.4, -0.2) is 127 Å². The number of carbonyl (C=O) groups is 3. The number of esters is 1. The zero-order valence-corrected chi connectivity index (χ0v) is 32.5. The molecule has 1 amide bonds. The quantitative estimate of drug-likeness (QED) is 0.0726. The van der Waals surface area contributed by atoms with Crippen LogP contribution in [0.25, 0.3) is 11.2 Å². The Morgan fingerprint density at radius 1 is 0.968 bits per heavy atom. The van der Waals surface area contributed by atoms with Gasteiger partial charge in [-0.1, -0.05) is 11.3 Å². The summed E-state index contributed by atoms with van der Waals surface area (Å²) in [6, 6.07) is 12.4. The fraction of sp³-hybridized carbons (Fsp3) is 0.300. The molecular formula is C40H39N11O11. The Morgan fingerprint density at radius 3 is 2.42 bits per heavy atom. The molecular weight excluding hydrogens is 811 g/mol. The van der Waals surface area contributed by atoms with Gasteiger partial charge in [-0.25, -0.2) is 19.7 Å². The maximum Gasteiger partial charge on any atom is 0.340 e. The van der Waals surface area contributed by atoms with Crippen LogP contribution in [0.4, 0.5) is 5.82 Å². The summed E-state index contributed by atoms with van der Waals surface area (Å²) >= 11 is 0. The van der Waals surface area contributed by atoms with E-state index in [1.165, 1.54) is 52.2 Å². The number of nitrogen functional groups attached to an aromatic ring is 1. The van der Waals surface area contributed by atoms with E-state index in [1.807, 2.05) is 0 Å². The number of amides is 1. The smallest absolute Gasteiger partial charge is 0.340 e. The fourth-order valence-electron chi connectivity index (χ4n) is 8.08. The van der Waals surface area contributed by atoms with Crippen molar-refractivity contribution in [3.8, 4) is 23.0 Å². The minimum absolute atomic E-state index is 0.0448. The summed E-state index contributed by atoms with van der Waals surface area (Å²) < 4.78 is 21.2. The van der Waals surface area contributed by atoms with Crippen LogP contribution in [0.1, 0.15) is 55.7 Å². The van der Waals surface area contributed by atoms with Crippen molar-refractivity contribution in [3.05, 3.63) is 107 Å². The summed E-state index contributed by atoms with van der Waals surface area (Å²) in [7, 11) is 0. The summed E-state index contributed by atoms with van der Waals surface area (Å²) in [6.45, 7) is 0.674. The molecule has 22 heteroatoms. The number of carboxylic acid groups (broad SMARTS) is 1. The average molecular weight is 850 g/mol. The molecule has 5 atom stereocenters. The van der Waals surface area contributed by atoms with E-state index in [0.29, 0.717) is 33.5 Å². The van der Waals surface area contributed by atoms with Crippen molar-refractivity contribution in [1.29, 1.82) is 0 Å². The molecule has 22 nitrogen and oxygen atoms in total. The molecule has 6 aromatic rings. The van der Waals surface area contributed by atoms with Crippen LogP contribution in [0.15, 0.2) is 73.4 Å². The number of nitrogens with zero attached hydrogens (tertiary/aromatic N) is 8. The largest absolute Gasteiger partial charge is 0.508 e. The molecule has 0 saturated carbocycles. The molecule has 1 fully saturated rings. The van der Waals surface area contributed by atoms with Gasteiger partial charge in [0.25, 0.3) is 5.91 Å². The number of benzene rings is 3. The third kappa shape index (κ3) is 7.03. The highest BCUT2D eigenvalue weighted by Gasteiger charge is 2.54. The highest BCUT2D eigenvalue weighted by Crippen LogP contribution is 2.57. The number of aliphatic carboxylic acids is 1. The lowest BCUT2D eigenvalue weighted by molar-refractivity contribution is -0.138. The third-order valence-electron chi connectivity index (χ3n) is 11.1. The number of ether oxygens (including phenoxy) is 3. The number of hydrogen-bond acceptors (Lipinski definition) is 18.